The molecular weight excluding hydrogens is 133 g/mol. The molecule has 0 aliphatic heterocycles. The van der Waals surface area contributed by atoms with Gasteiger partial charge < -0.3 is 0 Å². The van der Waals surface area contributed by atoms with Gasteiger partial charge in [-0.3, -0.25) is 4.79 Å². The number of hydrogen-bond donors (Lipinski definition) is 0. The van der Waals surface area contributed by atoms with Gasteiger partial charge in [-0.1, -0.05) is 20.8 Å². The maximum Gasteiger partial charge on any atom is 0.154 e. The van der Waals surface area contributed by atoms with E-state index < -0.39 is 5.41 Å². The molecule has 0 heterocycles. The summed E-state index contributed by atoms with van der Waals surface area (Å²) in [6.45, 7) is 5.21. The Kier molecular flexibility index (Phi) is 2.96. The van der Waals surface area contributed by atoms with E-state index >= 15 is 0 Å². The van der Waals surface area contributed by atoms with Gasteiger partial charge in [0.1, 0.15) is 0 Å². The lowest BCUT2D eigenvalue weighted by molar-refractivity contribution is -0.130. The normalized spacial score (nSPS) is 12.2. The third-order valence-electron chi connectivity index (χ3n) is 1.20. The van der Waals surface area contributed by atoms with Crippen molar-refractivity contribution in [3.63, 3.8) is 0 Å². The number of halogens is 1. The summed E-state index contributed by atoms with van der Waals surface area (Å²) in [4.78, 5) is 11.0. The SMILES string of the molecule is CN(F)CC(=O)C(C)(C)C. The summed E-state index contributed by atoms with van der Waals surface area (Å²) in [6.07, 6.45) is 0. The molecule has 2 nitrogen and oxygen atoms in total. The van der Waals surface area contributed by atoms with Crippen LogP contribution in [0.4, 0.5) is 4.48 Å². The molecule has 0 fully saturated rings. The van der Waals surface area contributed by atoms with Crippen LogP contribution in [0, 0.1) is 5.41 Å². The van der Waals surface area contributed by atoms with Gasteiger partial charge in [-0.25, -0.2) is 0 Å². The van der Waals surface area contributed by atoms with Gasteiger partial charge in [0.25, 0.3) is 0 Å². The van der Waals surface area contributed by atoms with Crippen LogP contribution in [-0.4, -0.2) is 24.5 Å². The van der Waals surface area contributed by atoms with Gasteiger partial charge in [0.2, 0.25) is 0 Å². The largest absolute Gasteiger partial charge is 0.298 e. The minimum atomic E-state index is -0.430. The second-order valence-electron chi connectivity index (χ2n) is 3.44. The standard InChI is InChI=1S/C7H14FNO/c1-7(2,3)6(10)5-9(4)8/h5H2,1-4H3. The second-order valence-corrected chi connectivity index (χ2v) is 3.44. The molecule has 0 atom stereocenters. The van der Waals surface area contributed by atoms with E-state index in [1.807, 2.05) is 0 Å². The van der Waals surface area contributed by atoms with Gasteiger partial charge in [-0.2, -0.15) is 0 Å². The highest BCUT2D eigenvalue weighted by Crippen LogP contribution is 2.14. The smallest absolute Gasteiger partial charge is 0.154 e. The van der Waals surface area contributed by atoms with Crippen LogP contribution in [0.25, 0.3) is 0 Å². The number of hydrogen-bond acceptors (Lipinski definition) is 2. The van der Waals surface area contributed by atoms with Crippen molar-refractivity contribution < 1.29 is 9.28 Å². The molecule has 0 aliphatic rings. The maximum absolute atomic E-state index is 12.1. The molecule has 60 valence electrons. The zero-order valence-corrected chi connectivity index (χ0v) is 6.94. The van der Waals surface area contributed by atoms with E-state index in [1.54, 1.807) is 20.8 Å². The van der Waals surface area contributed by atoms with Crippen molar-refractivity contribution in [3.8, 4) is 0 Å². The fraction of sp³-hybridized carbons (Fsp3) is 0.857. The number of nitrogens with zero attached hydrogens (tertiary/aromatic N) is 1. The van der Waals surface area contributed by atoms with Crippen molar-refractivity contribution in [1.29, 1.82) is 0 Å². The third kappa shape index (κ3) is 3.56. The highest BCUT2D eigenvalue weighted by molar-refractivity contribution is 5.85. The zero-order valence-electron chi connectivity index (χ0n) is 6.94. The Labute approximate surface area is 61.0 Å². The van der Waals surface area contributed by atoms with Crippen LogP contribution in [0.2, 0.25) is 0 Å². The molecule has 0 spiro atoms. The first-order chi connectivity index (χ1) is 4.34. The first-order valence-corrected chi connectivity index (χ1v) is 3.24. The van der Waals surface area contributed by atoms with Crippen LogP contribution in [0.15, 0.2) is 0 Å². The predicted molar refractivity (Wildman–Crippen MR) is 38.2 cm³/mol. The highest BCUT2D eigenvalue weighted by Gasteiger charge is 2.21. The molecule has 0 saturated carbocycles. The maximum atomic E-state index is 12.1. The van der Waals surface area contributed by atoms with Gasteiger partial charge in [0.05, 0.1) is 6.54 Å². The zero-order chi connectivity index (χ0) is 8.36. The van der Waals surface area contributed by atoms with Crippen LogP contribution in [-0.2, 0) is 4.79 Å². The minimum Gasteiger partial charge on any atom is -0.298 e. The van der Waals surface area contributed by atoms with Crippen LogP contribution in [0.5, 0.6) is 0 Å². The average molecular weight is 147 g/mol. The lowest BCUT2D eigenvalue weighted by atomic mass is 9.91. The summed E-state index contributed by atoms with van der Waals surface area (Å²) in [5.74, 6) is -0.0856. The summed E-state index contributed by atoms with van der Waals surface area (Å²) in [5, 5.41) is 0.396. The first-order valence-electron chi connectivity index (χ1n) is 3.24. The van der Waals surface area contributed by atoms with Crippen LogP contribution in [0.3, 0.4) is 0 Å². The van der Waals surface area contributed by atoms with Gasteiger partial charge in [-0.05, 0) is 0 Å². The Balaban J connectivity index is 3.87. The van der Waals surface area contributed by atoms with E-state index in [0.29, 0.717) is 5.12 Å². The van der Waals surface area contributed by atoms with E-state index in [4.69, 9.17) is 0 Å². The highest BCUT2D eigenvalue weighted by atomic mass is 19.2. The average Bonchev–Trinajstić information content (AvgIpc) is 1.60. The number of rotatable bonds is 2. The van der Waals surface area contributed by atoms with Crippen LogP contribution >= 0.6 is 0 Å². The number of Topliss-reactive ketones (excluding diaryl/α,β-unsaturated/α-hetero) is 1. The second kappa shape index (κ2) is 3.10. The van der Waals surface area contributed by atoms with E-state index in [0.717, 1.165) is 0 Å². The monoisotopic (exact) mass is 147 g/mol. The summed E-state index contributed by atoms with van der Waals surface area (Å²) in [6, 6.07) is 0. The number of carbonyl (C=O) groups is 1. The first kappa shape index (κ1) is 9.56. The Morgan fingerprint density at radius 2 is 1.90 bits per heavy atom. The molecule has 0 unspecified atom stereocenters. The lowest BCUT2D eigenvalue weighted by Gasteiger charge is -2.17. The van der Waals surface area contributed by atoms with E-state index in [2.05, 4.69) is 0 Å². The number of carbonyl (C=O) groups excluding carboxylic acids is 1. The predicted octanol–water partition coefficient (Wildman–Crippen LogP) is 1.42. The summed E-state index contributed by atoms with van der Waals surface area (Å²) < 4.78 is 12.1. The number of ketones is 1. The van der Waals surface area contributed by atoms with E-state index in [9.17, 15) is 9.28 Å². The van der Waals surface area contributed by atoms with Crippen molar-refractivity contribution in [2.24, 2.45) is 5.41 Å². The Morgan fingerprint density at radius 1 is 1.50 bits per heavy atom. The summed E-state index contributed by atoms with van der Waals surface area (Å²) >= 11 is 0. The molecule has 0 rings (SSSR count). The molecule has 0 aliphatic carbocycles. The molecule has 0 saturated heterocycles. The molecule has 10 heavy (non-hydrogen) atoms. The van der Waals surface area contributed by atoms with Crippen molar-refractivity contribution >= 4 is 5.78 Å². The molecule has 0 radical (unpaired) electrons. The molecule has 0 amide bonds. The Morgan fingerprint density at radius 3 is 2.00 bits per heavy atom. The molecule has 0 bridgehead atoms. The van der Waals surface area contributed by atoms with Crippen molar-refractivity contribution in [2.45, 2.75) is 20.8 Å². The summed E-state index contributed by atoms with van der Waals surface area (Å²) in [5.41, 5.74) is -0.430. The van der Waals surface area contributed by atoms with Crippen LogP contribution in [0.1, 0.15) is 20.8 Å². The van der Waals surface area contributed by atoms with Crippen molar-refractivity contribution in [2.75, 3.05) is 13.6 Å². The van der Waals surface area contributed by atoms with Crippen LogP contribution < -0.4 is 0 Å². The topological polar surface area (TPSA) is 20.3 Å². The molecule has 0 N–H and O–H groups in total. The van der Waals surface area contributed by atoms with Gasteiger partial charge >= 0.3 is 0 Å². The third-order valence-corrected chi connectivity index (χ3v) is 1.20. The number of likely N-dealkylation sites (N-methyl/N-ethyl adjacent to an activating group) is 1. The quantitative estimate of drug-likeness (QED) is 0.550. The van der Waals surface area contributed by atoms with E-state index in [1.165, 1.54) is 7.05 Å². The Bertz CT molecular complexity index is 126. The van der Waals surface area contributed by atoms with Crippen molar-refractivity contribution in [3.05, 3.63) is 0 Å². The summed E-state index contributed by atoms with van der Waals surface area (Å²) in [7, 11) is 1.24. The molecule has 3 heteroatoms. The van der Waals surface area contributed by atoms with Gasteiger partial charge in [-0.15, -0.1) is 9.60 Å². The molecular formula is C7H14FNO. The Hall–Kier alpha value is -0.440. The van der Waals surface area contributed by atoms with Gasteiger partial charge in [0, 0.05) is 12.5 Å². The fourth-order valence-corrected chi connectivity index (χ4v) is 0.435. The fourth-order valence-electron chi connectivity index (χ4n) is 0.435. The van der Waals surface area contributed by atoms with Gasteiger partial charge in [0.15, 0.2) is 5.78 Å². The van der Waals surface area contributed by atoms with Crippen molar-refractivity contribution in [1.82, 2.24) is 5.12 Å². The van der Waals surface area contributed by atoms with E-state index in [-0.39, 0.29) is 12.3 Å². The molecule has 0 aromatic carbocycles. The molecule has 0 aromatic rings. The molecule has 0 aromatic heterocycles. The minimum absolute atomic E-state index is 0.0856. The lowest BCUT2D eigenvalue weighted by Crippen LogP contribution is -2.29.